The van der Waals surface area contributed by atoms with Gasteiger partial charge in [-0.15, -0.1) is 0 Å². The molecule has 1 aliphatic rings. The Labute approximate surface area is 112 Å². The predicted molar refractivity (Wildman–Crippen MR) is 74.4 cm³/mol. The van der Waals surface area contributed by atoms with Gasteiger partial charge in [0, 0.05) is 13.1 Å². The summed E-state index contributed by atoms with van der Waals surface area (Å²) in [5.74, 6) is 1.92. The SMILES string of the molecule is Nc1c(Oc2ccccc2)ncnc1N1CCCC1. The fourth-order valence-corrected chi connectivity index (χ4v) is 2.23. The highest BCUT2D eigenvalue weighted by atomic mass is 16.5. The Balaban J connectivity index is 1.88. The summed E-state index contributed by atoms with van der Waals surface area (Å²) in [5.41, 5.74) is 6.63. The highest BCUT2D eigenvalue weighted by Gasteiger charge is 2.19. The molecule has 0 spiro atoms. The number of aromatic nitrogens is 2. The highest BCUT2D eigenvalue weighted by Crippen LogP contribution is 2.32. The molecule has 2 N–H and O–H groups in total. The van der Waals surface area contributed by atoms with Crippen molar-refractivity contribution in [2.45, 2.75) is 12.8 Å². The van der Waals surface area contributed by atoms with E-state index in [2.05, 4.69) is 14.9 Å². The molecule has 98 valence electrons. The second-order valence-corrected chi connectivity index (χ2v) is 4.53. The monoisotopic (exact) mass is 256 g/mol. The van der Waals surface area contributed by atoms with Crippen LogP contribution in [-0.4, -0.2) is 23.1 Å². The molecule has 2 heterocycles. The molecular weight excluding hydrogens is 240 g/mol. The molecule has 1 aromatic carbocycles. The summed E-state index contributed by atoms with van der Waals surface area (Å²) in [7, 11) is 0. The van der Waals surface area contributed by atoms with Crippen LogP contribution in [0.4, 0.5) is 11.5 Å². The van der Waals surface area contributed by atoms with Gasteiger partial charge in [0.1, 0.15) is 17.8 Å². The second kappa shape index (κ2) is 5.14. The number of nitrogens with two attached hydrogens (primary N) is 1. The van der Waals surface area contributed by atoms with Crippen molar-refractivity contribution < 1.29 is 4.74 Å². The van der Waals surface area contributed by atoms with E-state index in [4.69, 9.17) is 10.5 Å². The fourth-order valence-electron chi connectivity index (χ4n) is 2.23. The average Bonchev–Trinajstić information content (AvgIpc) is 2.96. The molecule has 2 aromatic rings. The minimum Gasteiger partial charge on any atom is -0.437 e. The highest BCUT2D eigenvalue weighted by molar-refractivity contribution is 5.68. The summed E-state index contributed by atoms with van der Waals surface area (Å²) in [6, 6.07) is 9.50. The molecule has 3 rings (SSSR count). The molecule has 1 saturated heterocycles. The van der Waals surface area contributed by atoms with Gasteiger partial charge in [0.2, 0.25) is 5.88 Å². The topological polar surface area (TPSA) is 64.3 Å². The standard InChI is InChI=1S/C14H16N4O/c15-12-13(18-8-4-5-9-18)16-10-17-14(12)19-11-6-2-1-3-7-11/h1-3,6-7,10H,4-5,8-9,15H2. The smallest absolute Gasteiger partial charge is 0.248 e. The number of nitrogen functional groups attached to an aromatic ring is 1. The van der Waals surface area contributed by atoms with Crippen molar-refractivity contribution in [3.63, 3.8) is 0 Å². The maximum absolute atomic E-state index is 6.12. The van der Waals surface area contributed by atoms with Crippen LogP contribution < -0.4 is 15.4 Å². The summed E-state index contributed by atoms with van der Waals surface area (Å²) in [6.45, 7) is 1.98. The molecule has 0 aliphatic carbocycles. The molecule has 5 nitrogen and oxygen atoms in total. The van der Waals surface area contributed by atoms with Crippen molar-refractivity contribution in [2.75, 3.05) is 23.7 Å². The fraction of sp³-hybridized carbons (Fsp3) is 0.286. The van der Waals surface area contributed by atoms with Gasteiger partial charge in [-0.2, -0.15) is 4.98 Å². The first-order valence-corrected chi connectivity index (χ1v) is 6.43. The van der Waals surface area contributed by atoms with Crippen LogP contribution in [0, 0.1) is 0 Å². The Bertz CT molecular complexity index is 553. The van der Waals surface area contributed by atoms with Gasteiger partial charge in [0.05, 0.1) is 0 Å². The van der Waals surface area contributed by atoms with Crippen molar-refractivity contribution in [3.05, 3.63) is 36.7 Å². The number of benzene rings is 1. The van der Waals surface area contributed by atoms with Crippen LogP contribution in [0.3, 0.4) is 0 Å². The summed E-state index contributed by atoms with van der Waals surface area (Å²) >= 11 is 0. The zero-order chi connectivity index (χ0) is 13.1. The van der Waals surface area contributed by atoms with E-state index in [1.54, 1.807) is 0 Å². The number of anilines is 2. The van der Waals surface area contributed by atoms with Gasteiger partial charge in [0.15, 0.2) is 5.82 Å². The lowest BCUT2D eigenvalue weighted by molar-refractivity contribution is 0.464. The Morgan fingerprint density at radius 2 is 1.79 bits per heavy atom. The van der Waals surface area contributed by atoms with Crippen molar-refractivity contribution in [3.8, 4) is 11.6 Å². The first kappa shape index (κ1) is 11.8. The van der Waals surface area contributed by atoms with Gasteiger partial charge < -0.3 is 15.4 Å². The molecule has 19 heavy (non-hydrogen) atoms. The Hall–Kier alpha value is -2.30. The lowest BCUT2D eigenvalue weighted by atomic mass is 10.3. The van der Waals surface area contributed by atoms with Crippen molar-refractivity contribution in [1.82, 2.24) is 9.97 Å². The normalized spacial score (nSPS) is 14.6. The third kappa shape index (κ3) is 2.45. The molecule has 0 amide bonds. The van der Waals surface area contributed by atoms with Crippen molar-refractivity contribution in [1.29, 1.82) is 0 Å². The number of rotatable bonds is 3. The molecule has 0 saturated carbocycles. The van der Waals surface area contributed by atoms with Gasteiger partial charge in [-0.25, -0.2) is 4.98 Å². The predicted octanol–water partition coefficient (Wildman–Crippen LogP) is 2.45. The Morgan fingerprint density at radius 3 is 2.53 bits per heavy atom. The van der Waals surface area contributed by atoms with Gasteiger partial charge in [0.25, 0.3) is 0 Å². The Kier molecular flexibility index (Phi) is 3.18. The molecule has 1 fully saturated rings. The van der Waals surface area contributed by atoms with E-state index >= 15 is 0 Å². The summed E-state index contributed by atoms with van der Waals surface area (Å²) in [5, 5.41) is 0. The lowest BCUT2D eigenvalue weighted by Gasteiger charge is -2.19. The van der Waals surface area contributed by atoms with E-state index in [-0.39, 0.29) is 0 Å². The molecule has 5 heteroatoms. The van der Waals surface area contributed by atoms with Gasteiger partial charge in [-0.1, -0.05) is 18.2 Å². The number of nitrogens with zero attached hydrogens (tertiary/aromatic N) is 3. The van der Waals surface area contributed by atoms with Crippen LogP contribution in [0.1, 0.15) is 12.8 Å². The second-order valence-electron chi connectivity index (χ2n) is 4.53. The van der Waals surface area contributed by atoms with Gasteiger partial charge >= 0.3 is 0 Å². The van der Waals surface area contributed by atoms with Crippen LogP contribution in [0.2, 0.25) is 0 Å². The van der Waals surface area contributed by atoms with E-state index in [0.717, 1.165) is 24.7 Å². The third-order valence-corrected chi connectivity index (χ3v) is 3.19. The third-order valence-electron chi connectivity index (χ3n) is 3.19. The van der Waals surface area contributed by atoms with Crippen LogP contribution >= 0.6 is 0 Å². The summed E-state index contributed by atoms with van der Waals surface area (Å²) in [4.78, 5) is 10.6. The van der Waals surface area contributed by atoms with E-state index < -0.39 is 0 Å². The quantitative estimate of drug-likeness (QED) is 0.913. The van der Waals surface area contributed by atoms with Crippen LogP contribution in [-0.2, 0) is 0 Å². The maximum atomic E-state index is 6.12. The first-order valence-electron chi connectivity index (χ1n) is 6.43. The van der Waals surface area contributed by atoms with E-state index in [0.29, 0.717) is 11.6 Å². The zero-order valence-corrected chi connectivity index (χ0v) is 10.6. The maximum Gasteiger partial charge on any atom is 0.248 e. The molecule has 0 radical (unpaired) electrons. The van der Waals surface area contributed by atoms with Gasteiger partial charge in [-0.05, 0) is 25.0 Å². The van der Waals surface area contributed by atoms with E-state index in [9.17, 15) is 0 Å². The van der Waals surface area contributed by atoms with Crippen LogP contribution in [0.15, 0.2) is 36.7 Å². The zero-order valence-electron chi connectivity index (χ0n) is 10.6. The first-order chi connectivity index (χ1) is 9.34. The van der Waals surface area contributed by atoms with Crippen molar-refractivity contribution in [2.24, 2.45) is 0 Å². The Morgan fingerprint density at radius 1 is 1.05 bits per heavy atom. The lowest BCUT2D eigenvalue weighted by Crippen LogP contribution is -2.20. The largest absolute Gasteiger partial charge is 0.437 e. The molecule has 0 unspecified atom stereocenters. The molecular formula is C14H16N4O. The number of ether oxygens (including phenoxy) is 1. The number of para-hydroxylation sites is 1. The van der Waals surface area contributed by atoms with Crippen LogP contribution in [0.25, 0.3) is 0 Å². The molecule has 1 aromatic heterocycles. The minimum atomic E-state index is 0.420. The van der Waals surface area contributed by atoms with Gasteiger partial charge in [-0.3, -0.25) is 0 Å². The molecule has 0 bridgehead atoms. The van der Waals surface area contributed by atoms with E-state index in [1.807, 2.05) is 30.3 Å². The summed E-state index contributed by atoms with van der Waals surface area (Å²) < 4.78 is 5.71. The van der Waals surface area contributed by atoms with E-state index in [1.165, 1.54) is 19.2 Å². The number of hydrogen-bond donors (Lipinski definition) is 1. The average molecular weight is 256 g/mol. The molecule has 1 aliphatic heterocycles. The summed E-state index contributed by atoms with van der Waals surface area (Å²) in [6.07, 6.45) is 3.86. The van der Waals surface area contributed by atoms with Crippen LogP contribution in [0.5, 0.6) is 11.6 Å². The number of hydrogen-bond acceptors (Lipinski definition) is 5. The minimum absolute atomic E-state index is 0.420. The van der Waals surface area contributed by atoms with Crippen molar-refractivity contribution >= 4 is 11.5 Å². The molecule has 0 atom stereocenters.